The van der Waals surface area contributed by atoms with Gasteiger partial charge in [-0.2, -0.15) is 4.68 Å². The van der Waals surface area contributed by atoms with Gasteiger partial charge in [-0.1, -0.05) is 29.5 Å². The molecule has 4 aromatic rings. The molecule has 0 aliphatic rings. The van der Waals surface area contributed by atoms with E-state index in [4.69, 9.17) is 8.83 Å². The zero-order chi connectivity index (χ0) is 18.1. The van der Waals surface area contributed by atoms with E-state index in [0.717, 1.165) is 11.3 Å². The average molecular weight is 433 g/mol. The number of halogens is 1. The summed E-state index contributed by atoms with van der Waals surface area (Å²) >= 11 is 4.67. The van der Waals surface area contributed by atoms with Gasteiger partial charge >= 0.3 is 0 Å². The van der Waals surface area contributed by atoms with Crippen LogP contribution in [0.3, 0.4) is 0 Å². The molecule has 0 unspecified atom stereocenters. The van der Waals surface area contributed by atoms with E-state index in [0.29, 0.717) is 33.1 Å². The summed E-state index contributed by atoms with van der Waals surface area (Å²) in [6.45, 7) is 4.08. The molecule has 132 valence electrons. The van der Waals surface area contributed by atoms with Crippen LogP contribution in [0.25, 0.3) is 17.3 Å². The molecule has 1 aromatic carbocycles. The molecule has 10 heteroatoms. The van der Waals surface area contributed by atoms with Crippen molar-refractivity contribution in [1.29, 1.82) is 0 Å². The lowest BCUT2D eigenvalue weighted by Crippen LogP contribution is -2.02. The van der Waals surface area contributed by atoms with Crippen molar-refractivity contribution in [3.05, 3.63) is 52.0 Å². The molecule has 0 saturated carbocycles. The largest absolute Gasteiger partial charge is 0.444 e. The molecule has 0 aliphatic heterocycles. The van der Waals surface area contributed by atoms with Crippen LogP contribution in [0.5, 0.6) is 0 Å². The predicted octanol–water partition coefficient (Wildman–Crippen LogP) is 3.98. The van der Waals surface area contributed by atoms with Crippen LogP contribution >= 0.6 is 27.7 Å². The quantitative estimate of drug-likeness (QED) is 0.436. The Balaban J connectivity index is 1.51. The normalized spacial score (nSPS) is 11.2. The van der Waals surface area contributed by atoms with Crippen molar-refractivity contribution in [2.75, 3.05) is 0 Å². The predicted molar refractivity (Wildman–Crippen MR) is 97.9 cm³/mol. The minimum atomic E-state index is 0.334. The topological polar surface area (TPSA) is 95.7 Å². The van der Waals surface area contributed by atoms with Crippen LogP contribution in [0.1, 0.15) is 17.0 Å². The van der Waals surface area contributed by atoms with Crippen LogP contribution in [0.2, 0.25) is 0 Å². The van der Waals surface area contributed by atoms with Crippen LogP contribution in [-0.2, 0) is 5.75 Å². The molecule has 0 amide bonds. The Morgan fingerprint density at radius 1 is 1.08 bits per heavy atom. The molecule has 3 aromatic heterocycles. The van der Waals surface area contributed by atoms with Crippen molar-refractivity contribution < 1.29 is 8.83 Å². The first-order valence-corrected chi connectivity index (χ1v) is 9.45. The van der Waals surface area contributed by atoms with Gasteiger partial charge in [-0.25, -0.2) is 0 Å². The maximum Gasteiger partial charge on any atom is 0.283 e. The summed E-state index contributed by atoms with van der Waals surface area (Å²) in [6, 6.07) is 9.66. The van der Waals surface area contributed by atoms with E-state index in [1.54, 1.807) is 16.8 Å². The van der Waals surface area contributed by atoms with E-state index in [2.05, 4.69) is 54.6 Å². The number of hydrogen-bond acceptors (Lipinski definition) is 8. The second kappa shape index (κ2) is 7.04. The Hall–Kier alpha value is -2.46. The Morgan fingerprint density at radius 2 is 1.96 bits per heavy atom. The maximum absolute atomic E-state index is 5.63. The molecule has 0 N–H and O–H groups in total. The third-order valence-electron chi connectivity index (χ3n) is 3.60. The third-order valence-corrected chi connectivity index (χ3v) is 4.93. The molecule has 0 atom stereocenters. The first kappa shape index (κ1) is 17.0. The van der Waals surface area contributed by atoms with Gasteiger partial charge in [-0.15, -0.1) is 15.3 Å². The highest BCUT2D eigenvalue weighted by Crippen LogP contribution is 2.27. The number of hydrogen-bond donors (Lipinski definition) is 0. The molecule has 0 spiro atoms. The Labute approximate surface area is 161 Å². The van der Waals surface area contributed by atoms with Gasteiger partial charge in [0, 0.05) is 0 Å². The number of thioether (sulfide) groups is 1. The van der Waals surface area contributed by atoms with Crippen LogP contribution in [-0.4, -0.2) is 30.4 Å². The number of benzene rings is 1. The highest BCUT2D eigenvalue weighted by atomic mass is 79.9. The first-order valence-electron chi connectivity index (χ1n) is 7.67. The van der Waals surface area contributed by atoms with Gasteiger partial charge < -0.3 is 8.83 Å². The zero-order valence-corrected chi connectivity index (χ0v) is 16.3. The highest BCUT2D eigenvalue weighted by molar-refractivity contribution is 9.10. The lowest BCUT2D eigenvalue weighted by atomic mass is 10.1. The highest BCUT2D eigenvalue weighted by Gasteiger charge is 2.15. The minimum Gasteiger partial charge on any atom is -0.444 e. The Kier molecular flexibility index (Phi) is 4.60. The van der Waals surface area contributed by atoms with E-state index in [-0.39, 0.29) is 0 Å². The molecule has 3 heterocycles. The summed E-state index contributed by atoms with van der Waals surface area (Å²) in [5.74, 6) is 1.76. The van der Waals surface area contributed by atoms with Gasteiger partial charge in [-0.3, -0.25) is 0 Å². The molecule has 4 rings (SSSR count). The zero-order valence-electron chi connectivity index (χ0n) is 13.9. The lowest BCUT2D eigenvalue weighted by Gasteiger charge is -2.07. The third kappa shape index (κ3) is 3.42. The summed E-state index contributed by atoms with van der Waals surface area (Å²) in [6.07, 6.45) is 0. The second-order valence-corrected chi connectivity index (χ2v) is 7.28. The maximum atomic E-state index is 5.63. The van der Waals surface area contributed by atoms with E-state index >= 15 is 0 Å². The molecule has 0 aliphatic carbocycles. The first-order chi connectivity index (χ1) is 12.6. The number of furan rings is 1. The SMILES string of the molecule is Cc1ccc(-n2nnnc2SCc2nnc(-c3ccc(Br)o3)o2)c(C)c1. The van der Waals surface area contributed by atoms with E-state index in [9.17, 15) is 0 Å². The van der Waals surface area contributed by atoms with E-state index in [1.165, 1.54) is 17.3 Å². The fourth-order valence-electron chi connectivity index (χ4n) is 2.43. The average Bonchev–Trinajstić information content (AvgIpc) is 3.33. The Bertz CT molecular complexity index is 1060. The molecule has 0 fully saturated rings. The van der Waals surface area contributed by atoms with Crippen molar-refractivity contribution >= 4 is 27.7 Å². The minimum absolute atomic E-state index is 0.334. The summed E-state index contributed by atoms with van der Waals surface area (Å²) in [7, 11) is 0. The van der Waals surface area contributed by atoms with Gasteiger partial charge in [0.05, 0.1) is 11.4 Å². The van der Waals surface area contributed by atoms with Crippen LogP contribution in [0.15, 0.2) is 49.0 Å². The van der Waals surface area contributed by atoms with E-state index in [1.807, 2.05) is 19.1 Å². The van der Waals surface area contributed by atoms with Gasteiger partial charge in [0.25, 0.3) is 5.89 Å². The van der Waals surface area contributed by atoms with Gasteiger partial charge in [0.2, 0.25) is 11.0 Å². The molecular formula is C16H13BrN6O2S. The molecule has 0 bridgehead atoms. The number of tetrazole rings is 1. The van der Waals surface area contributed by atoms with Crippen LogP contribution in [0.4, 0.5) is 0 Å². The van der Waals surface area contributed by atoms with Crippen molar-refractivity contribution in [3.63, 3.8) is 0 Å². The Morgan fingerprint density at radius 3 is 2.73 bits per heavy atom. The number of aryl methyl sites for hydroxylation is 2. The lowest BCUT2D eigenvalue weighted by molar-refractivity contribution is 0.486. The van der Waals surface area contributed by atoms with Crippen LogP contribution < -0.4 is 0 Å². The second-order valence-electron chi connectivity index (χ2n) is 5.56. The standard InChI is InChI=1S/C16H13BrN6O2S/c1-9-3-4-11(10(2)7-9)23-16(20-21-22-23)26-8-14-18-19-15(25-14)12-5-6-13(17)24-12/h3-7H,8H2,1-2H3. The summed E-state index contributed by atoms with van der Waals surface area (Å²) in [5.41, 5.74) is 3.23. The fourth-order valence-corrected chi connectivity index (χ4v) is 3.46. The van der Waals surface area contributed by atoms with Crippen molar-refractivity contribution in [2.24, 2.45) is 0 Å². The van der Waals surface area contributed by atoms with Gasteiger partial charge in [0.15, 0.2) is 10.4 Å². The van der Waals surface area contributed by atoms with Gasteiger partial charge in [0.1, 0.15) is 0 Å². The van der Waals surface area contributed by atoms with Crippen molar-refractivity contribution in [3.8, 4) is 17.3 Å². The van der Waals surface area contributed by atoms with E-state index < -0.39 is 0 Å². The summed E-state index contributed by atoms with van der Waals surface area (Å²) in [4.78, 5) is 0. The molecule has 0 saturated heterocycles. The molecule has 0 radical (unpaired) electrons. The summed E-state index contributed by atoms with van der Waals surface area (Å²) < 4.78 is 13.4. The van der Waals surface area contributed by atoms with Gasteiger partial charge in [-0.05, 0) is 64.0 Å². The monoisotopic (exact) mass is 432 g/mol. The van der Waals surface area contributed by atoms with Crippen molar-refractivity contribution in [2.45, 2.75) is 24.8 Å². The smallest absolute Gasteiger partial charge is 0.283 e. The number of aromatic nitrogens is 6. The number of rotatable bonds is 5. The fraction of sp³-hybridized carbons (Fsp3) is 0.188. The van der Waals surface area contributed by atoms with Crippen LogP contribution in [0, 0.1) is 13.8 Å². The number of nitrogens with zero attached hydrogens (tertiary/aromatic N) is 6. The molecular weight excluding hydrogens is 420 g/mol. The van der Waals surface area contributed by atoms with Crippen molar-refractivity contribution in [1.82, 2.24) is 30.4 Å². The summed E-state index contributed by atoms with van der Waals surface area (Å²) in [5, 5.41) is 20.7. The molecule has 26 heavy (non-hydrogen) atoms. The molecule has 8 nitrogen and oxygen atoms in total.